The second-order valence-corrected chi connectivity index (χ2v) is 6.65. The molecule has 1 heterocycles. The number of hydrogen-bond donors (Lipinski definition) is 3. The van der Waals surface area contributed by atoms with E-state index in [4.69, 9.17) is 5.11 Å². The molecule has 1 unspecified atom stereocenters. The third-order valence-electron chi connectivity index (χ3n) is 2.61. The topological polar surface area (TPSA) is 112 Å². The maximum absolute atomic E-state index is 11.9. The molecule has 0 radical (unpaired) electrons. The van der Waals surface area contributed by atoms with Crippen LogP contribution in [0.1, 0.15) is 26.7 Å². The summed E-state index contributed by atoms with van der Waals surface area (Å²) in [6, 6.07) is 0. The van der Waals surface area contributed by atoms with E-state index in [9.17, 15) is 13.2 Å². The van der Waals surface area contributed by atoms with Crippen molar-refractivity contribution >= 4 is 16.0 Å². The number of carboxylic acids is 1. The molecule has 1 aromatic heterocycles. The SMILES string of the molecule is CC(C)CC(CNS(=O)(=O)c1cn[nH]c1)CC(=O)O. The first kappa shape index (κ1) is 15.6. The summed E-state index contributed by atoms with van der Waals surface area (Å²) >= 11 is 0. The van der Waals surface area contributed by atoms with Crippen LogP contribution >= 0.6 is 0 Å². The second kappa shape index (κ2) is 6.67. The van der Waals surface area contributed by atoms with E-state index in [1.807, 2.05) is 13.8 Å². The fourth-order valence-electron chi connectivity index (χ4n) is 1.85. The van der Waals surface area contributed by atoms with Crippen LogP contribution in [-0.2, 0) is 14.8 Å². The summed E-state index contributed by atoms with van der Waals surface area (Å²) in [5.74, 6) is -0.838. The first-order valence-electron chi connectivity index (χ1n) is 6.01. The third-order valence-corrected chi connectivity index (χ3v) is 4.00. The van der Waals surface area contributed by atoms with Crippen molar-refractivity contribution in [3.05, 3.63) is 12.4 Å². The number of hydrogen-bond acceptors (Lipinski definition) is 4. The van der Waals surface area contributed by atoms with Gasteiger partial charge in [0.05, 0.1) is 6.20 Å². The minimum atomic E-state index is -3.62. The molecule has 0 fully saturated rings. The summed E-state index contributed by atoms with van der Waals surface area (Å²) in [6.07, 6.45) is 3.08. The maximum Gasteiger partial charge on any atom is 0.303 e. The van der Waals surface area contributed by atoms with Crippen molar-refractivity contribution in [3.63, 3.8) is 0 Å². The molecule has 7 nitrogen and oxygen atoms in total. The standard InChI is InChI=1S/C11H19N3O4S/c1-8(2)3-9(4-11(15)16)5-14-19(17,18)10-6-12-13-7-10/h6-9,14H,3-5H2,1-2H3,(H,12,13)(H,15,16). The van der Waals surface area contributed by atoms with Gasteiger partial charge in [0.25, 0.3) is 0 Å². The highest BCUT2D eigenvalue weighted by atomic mass is 32.2. The van der Waals surface area contributed by atoms with Gasteiger partial charge in [-0.15, -0.1) is 0 Å². The van der Waals surface area contributed by atoms with Crippen LogP contribution < -0.4 is 4.72 Å². The zero-order valence-electron chi connectivity index (χ0n) is 11.0. The molecule has 1 rings (SSSR count). The van der Waals surface area contributed by atoms with Crippen LogP contribution in [-0.4, -0.2) is 36.2 Å². The van der Waals surface area contributed by atoms with E-state index in [2.05, 4.69) is 14.9 Å². The Morgan fingerprint density at radius 3 is 2.68 bits per heavy atom. The lowest BCUT2D eigenvalue weighted by Gasteiger charge is -2.17. The number of rotatable bonds is 8. The highest BCUT2D eigenvalue weighted by Gasteiger charge is 2.20. The Kier molecular flexibility index (Phi) is 5.49. The molecule has 0 saturated carbocycles. The molecule has 0 spiro atoms. The number of carboxylic acid groups (broad SMARTS) is 1. The van der Waals surface area contributed by atoms with E-state index in [1.54, 1.807) is 0 Å². The molecule has 0 amide bonds. The van der Waals surface area contributed by atoms with Crippen LogP contribution in [0.4, 0.5) is 0 Å². The molecular weight excluding hydrogens is 270 g/mol. The predicted octanol–water partition coefficient (Wildman–Crippen LogP) is 0.825. The van der Waals surface area contributed by atoms with Gasteiger partial charge in [0.1, 0.15) is 4.90 Å². The number of H-pyrrole nitrogens is 1. The fraction of sp³-hybridized carbons (Fsp3) is 0.636. The lowest BCUT2D eigenvalue weighted by atomic mass is 9.94. The van der Waals surface area contributed by atoms with Crippen LogP contribution in [0.15, 0.2) is 17.3 Å². The molecule has 0 aliphatic heterocycles. The van der Waals surface area contributed by atoms with Crippen LogP contribution in [0, 0.1) is 11.8 Å². The summed E-state index contributed by atoms with van der Waals surface area (Å²) in [5.41, 5.74) is 0. The van der Waals surface area contributed by atoms with Gasteiger partial charge in [-0.05, 0) is 18.3 Å². The van der Waals surface area contributed by atoms with Gasteiger partial charge >= 0.3 is 5.97 Å². The monoisotopic (exact) mass is 289 g/mol. The zero-order valence-corrected chi connectivity index (χ0v) is 11.8. The largest absolute Gasteiger partial charge is 0.481 e. The van der Waals surface area contributed by atoms with Gasteiger partial charge in [-0.25, -0.2) is 13.1 Å². The van der Waals surface area contributed by atoms with Crippen LogP contribution in [0.2, 0.25) is 0 Å². The van der Waals surface area contributed by atoms with Crippen molar-refractivity contribution < 1.29 is 18.3 Å². The first-order chi connectivity index (χ1) is 8.81. The molecule has 19 heavy (non-hydrogen) atoms. The van der Waals surface area contributed by atoms with E-state index >= 15 is 0 Å². The normalized spacial score (nSPS) is 13.6. The number of aromatic nitrogens is 2. The van der Waals surface area contributed by atoms with Crippen molar-refractivity contribution in [3.8, 4) is 0 Å². The van der Waals surface area contributed by atoms with Crippen LogP contribution in [0.25, 0.3) is 0 Å². The molecule has 0 saturated heterocycles. The molecule has 0 aliphatic rings. The van der Waals surface area contributed by atoms with Crippen LogP contribution in [0.3, 0.4) is 0 Å². The van der Waals surface area contributed by atoms with Crippen molar-refractivity contribution in [2.75, 3.05) is 6.54 Å². The molecule has 8 heteroatoms. The van der Waals surface area contributed by atoms with Crippen LogP contribution in [0.5, 0.6) is 0 Å². The maximum atomic E-state index is 11.9. The zero-order chi connectivity index (χ0) is 14.5. The average Bonchev–Trinajstić information content (AvgIpc) is 2.78. The summed E-state index contributed by atoms with van der Waals surface area (Å²) in [4.78, 5) is 10.8. The molecule has 1 aromatic rings. The Hall–Kier alpha value is -1.41. The Bertz CT molecular complexity index is 496. The van der Waals surface area contributed by atoms with Crippen molar-refractivity contribution in [2.24, 2.45) is 11.8 Å². The molecule has 0 aliphatic carbocycles. The predicted molar refractivity (Wildman–Crippen MR) is 69.0 cm³/mol. The Labute approximate surface area is 112 Å². The van der Waals surface area contributed by atoms with E-state index in [0.29, 0.717) is 12.3 Å². The number of nitrogens with zero attached hydrogens (tertiary/aromatic N) is 1. The molecular formula is C11H19N3O4S. The summed E-state index contributed by atoms with van der Waals surface area (Å²) in [5, 5.41) is 14.8. The van der Waals surface area contributed by atoms with Gasteiger partial charge in [0.15, 0.2) is 0 Å². The molecule has 3 N–H and O–H groups in total. The second-order valence-electron chi connectivity index (χ2n) is 4.88. The Balaban J connectivity index is 2.63. The average molecular weight is 289 g/mol. The van der Waals surface area contributed by atoms with Crippen molar-refractivity contribution in [1.29, 1.82) is 0 Å². The molecule has 1 atom stereocenters. The number of sulfonamides is 1. The van der Waals surface area contributed by atoms with Gasteiger partial charge in [0.2, 0.25) is 10.0 Å². The van der Waals surface area contributed by atoms with Gasteiger partial charge in [-0.3, -0.25) is 9.89 Å². The highest BCUT2D eigenvalue weighted by molar-refractivity contribution is 7.89. The molecule has 0 bridgehead atoms. The van der Waals surface area contributed by atoms with Gasteiger partial charge < -0.3 is 5.11 Å². The molecule has 108 valence electrons. The lowest BCUT2D eigenvalue weighted by molar-refractivity contribution is -0.138. The quantitative estimate of drug-likeness (QED) is 0.656. The number of aromatic amines is 1. The van der Waals surface area contributed by atoms with Crippen molar-refractivity contribution in [1.82, 2.24) is 14.9 Å². The van der Waals surface area contributed by atoms with Gasteiger partial charge in [0, 0.05) is 19.2 Å². The summed E-state index contributed by atoms with van der Waals surface area (Å²) in [7, 11) is -3.62. The minimum absolute atomic E-state index is 0.0473. The summed E-state index contributed by atoms with van der Waals surface area (Å²) in [6.45, 7) is 4.05. The summed E-state index contributed by atoms with van der Waals surface area (Å²) < 4.78 is 26.1. The van der Waals surface area contributed by atoms with E-state index < -0.39 is 16.0 Å². The van der Waals surface area contributed by atoms with Gasteiger partial charge in [-0.2, -0.15) is 5.10 Å². The number of aliphatic carboxylic acids is 1. The number of nitrogens with one attached hydrogen (secondary N) is 2. The fourth-order valence-corrected chi connectivity index (χ4v) is 2.87. The van der Waals surface area contributed by atoms with E-state index in [-0.39, 0.29) is 23.8 Å². The smallest absolute Gasteiger partial charge is 0.303 e. The van der Waals surface area contributed by atoms with E-state index in [1.165, 1.54) is 12.4 Å². The third kappa shape index (κ3) is 5.39. The highest BCUT2D eigenvalue weighted by Crippen LogP contribution is 2.16. The molecule has 0 aromatic carbocycles. The van der Waals surface area contributed by atoms with Crippen molar-refractivity contribution in [2.45, 2.75) is 31.6 Å². The Morgan fingerprint density at radius 2 is 2.21 bits per heavy atom. The first-order valence-corrected chi connectivity index (χ1v) is 7.50. The van der Waals surface area contributed by atoms with E-state index in [0.717, 1.165) is 0 Å². The lowest BCUT2D eigenvalue weighted by Crippen LogP contribution is -2.31. The Morgan fingerprint density at radius 1 is 1.53 bits per heavy atom. The minimum Gasteiger partial charge on any atom is -0.481 e. The number of carbonyl (C=O) groups is 1. The van der Waals surface area contributed by atoms with Gasteiger partial charge in [-0.1, -0.05) is 13.8 Å².